The number of esters is 1. The van der Waals surface area contributed by atoms with Crippen LogP contribution in [0.15, 0.2) is 0 Å². The van der Waals surface area contributed by atoms with Gasteiger partial charge >= 0.3 is 18.0 Å². The highest BCUT2D eigenvalue weighted by Gasteiger charge is 2.38. The van der Waals surface area contributed by atoms with Gasteiger partial charge in [0.2, 0.25) is 0 Å². The molecule has 1 aliphatic rings. The predicted molar refractivity (Wildman–Crippen MR) is 66.5 cm³/mol. The number of nitrogens with zero attached hydrogens (tertiary/aromatic N) is 2. The molecule has 1 heterocycles. The van der Waals surface area contributed by atoms with Gasteiger partial charge in [0.1, 0.15) is 6.54 Å². The SMILES string of the molecule is CCN(CC(=O)OC)C(=O)N1CC(C)C(C(=O)O)C1. The molecule has 0 aliphatic carbocycles. The molecule has 2 unspecified atom stereocenters. The van der Waals surface area contributed by atoms with Crippen LogP contribution in [0.2, 0.25) is 0 Å². The Bertz CT molecular complexity index is 371. The number of aliphatic carboxylic acids is 1. The molecule has 0 radical (unpaired) electrons. The third-order valence-corrected chi connectivity index (χ3v) is 3.40. The van der Waals surface area contributed by atoms with Crippen molar-refractivity contribution in [1.82, 2.24) is 9.80 Å². The minimum absolute atomic E-state index is 0.0849. The average Bonchev–Trinajstić information content (AvgIpc) is 2.77. The number of rotatable bonds is 4. The van der Waals surface area contributed by atoms with Crippen molar-refractivity contribution in [3.63, 3.8) is 0 Å². The Morgan fingerprint density at radius 3 is 2.42 bits per heavy atom. The fourth-order valence-electron chi connectivity index (χ4n) is 2.18. The monoisotopic (exact) mass is 272 g/mol. The zero-order chi connectivity index (χ0) is 14.6. The fourth-order valence-corrected chi connectivity index (χ4v) is 2.18. The molecule has 2 amide bonds. The Morgan fingerprint density at radius 1 is 1.37 bits per heavy atom. The zero-order valence-corrected chi connectivity index (χ0v) is 11.5. The molecule has 0 bridgehead atoms. The van der Waals surface area contributed by atoms with Crippen molar-refractivity contribution in [3.8, 4) is 0 Å². The topological polar surface area (TPSA) is 87.2 Å². The van der Waals surface area contributed by atoms with Crippen LogP contribution in [0, 0.1) is 11.8 Å². The van der Waals surface area contributed by atoms with Crippen LogP contribution in [0.1, 0.15) is 13.8 Å². The lowest BCUT2D eigenvalue weighted by Crippen LogP contribution is -2.44. The molecule has 1 fully saturated rings. The molecule has 0 spiro atoms. The number of hydrogen-bond acceptors (Lipinski definition) is 4. The highest BCUT2D eigenvalue weighted by atomic mass is 16.5. The van der Waals surface area contributed by atoms with Crippen molar-refractivity contribution in [1.29, 1.82) is 0 Å². The van der Waals surface area contributed by atoms with E-state index in [9.17, 15) is 14.4 Å². The average molecular weight is 272 g/mol. The van der Waals surface area contributed by atoms with E-state index >= 15 is 0 Å². The molecular formula is C12H20N2O5. The summed E-state index contributed by atoms with van der Waals surface area (Å²) >= 11 is 0. The Labute approximate surface area is 112 Å². The molecule has 1 aliphatic heterocycles. The van der Waals surface area contributed by atoms with E-state index in [2.05, 4.69) is 4.74 Å². The lowest BCUT2D eigenvalue weighted by molar-refractivity contribution is -0.143. The Hall–Kier alpha value is -1.79. The van der Waals surface area contributed by atoms with E-state index < -0.39 is 17.9 Å². The first-order chi connectivity index (χ1) is 8.90. The quantitative estimate of drug-likeness (QED) is 0.741. The summed E-state index contributed by atoms with van der Waals surface area (Å²) in [4.78, 5) is 37.3. The molecule has 19 heavy (non-hydrogen) atoms. The molecule has 0 aromatic carbocycles. The van der Waals surface area contributed by atoms with Gasteiger partial charge in [0.05, 0.1) is 13.0 Å². The van der Waals surface area contributed by atoms with Crippen molar-refractivity contribution in [2.45, 2.75) is 13.8 Å². The second-order valence-corrected chi connectivity index (χ2v) is 4.70. The lowest BCUT2D eigenvalue weighted by atomic mass is 9.99. The number of carboxylic acid groups (broad SMARTS) is 1. The van der Waals surface area contributed by atoms with Crippen LogP contribution in [-0.4, -0.2) is 66.2 Å². The number of methoxy groups -OCH3 is 1. The largest absolute Gasteiger partial charge is 0.481 e. The molecule has 7 nitrogen and oxygen atoms in total. The summed E-state index contributed by atoms with van der Waals surface area (Å²) in [5.74, 6) is -2.00. The van der Waals surface area contributed by atoms with Crippen LogP contribution < -0.4 is 0 Å². The van der Waals surface area contributed by atoms with Gasteiger partial charge in [-0.15, -0.1) is 0 Å². The summed E-state index contributed by atoms with van der Waals surface area (Å²) < 4.78 is 4.53. The predicted octanol–water partition coefficient (Wildman–Crippen LogP) is 0.254. The van der Waals surface area contributed by atoms with E-state index in [1.54, 1.807) is 6.92 Å². The number of likely N-dealkylation sites (N-methyl/N-ethyl adjacent to an activating group) is 1. The normalized spacial score (nSPS) is 22.2. The van der Waals surface area contributed by atoms with Crippen molar-refractivity contribution in [2.75, 3.05) is 33.3 Å². The van der Waals surface area contributed by atoms with Crippen molar-refractivity contribution in [2.24, 2.45) is 11.8 Å². The highest BCUT2D eigenvalue weighted by Crippen LogP contribution is 2.24. The minimum Gasteiger partial charge on any atom is -0.481 e. The van der Waals surface area contributed by atoms with Crippen LogP contribution in [0.4, 0.5) is 4.79 Å². The van der Waals surface area contributed by atoms with E-state index in [4.69, 9.17) is 5.11 Å². The number of hydrogen-bond donors (Lipinski definition) is 1. The maximum Gasteiger partial charge on any atom is 0.325 e. The first-order valence-electron chi connectivity index (χ1n) is 6.24. The highest BCUT2D eigenvalue weighted by molar-refractivity contribution is 5.82. The number of likely N-dealkylation sites (tertiary alicyclic amines) is 1. The van der Waals surface area contributed by atoms with Gasteiger partial charge in [-0.1, -0.05) is 6.92 Å². The number of urea groups is 1. The van der Waals surface area contributed by atoms with Gasteiger partial charge in [-0.25, -0.2) is 4.79 Å². The van der Waals surface area contributed by atoms with E-state index in [1.165, 1.54) is 16.9 Å². The summed E-state index contributed by atoms with van der Waals surface area (Å²) in [5.41, 5.74) is 0. The molecule has 0 aromatic rings. The van der Waals surface area contributed by atoms with Crippen molar-refractivity contribution in [3.05, 3.63) is 0 Å². The van der Waals surface area contributed by atoms with Gasteiger partial charge in [-0.3, -0.25) is 9.59 Å². The van der Waals surface area contributed by atoms with Crippen LogP contribution >= 0.6 is 0 Å². The van der Waals surface area contributed by atoms with E-state index in [1.807, 2.05) is 6.92 Å². The maximum absolute atomic E-state index is 12.2. The second-order valence-electron chi connectivity index (χ2n) is 4.70. The van der Waals surface area contributed by atoms with Crippen LogP contribution in [0.5, 0.6) is 0 Å². The molecular weight excluding hydrogens is 252 g/mol. The van der Waals surface area contributed by atoms with Gasteiger partial charge in [-0.2, -0.15) is 0 Å². The van der Waals surface area contributed by atoms with Gasteiger partial charge in [0.25, 0.3) is 0 Å². The number of amides is 2. The lowest BCUT2D eigenvalue weighted by Gasteiger charge is -2.26. The third-order valence-electron chi connectivity index (χ3n) is 3.40. The molecule has 7 heteroatoms. The summed E-state index contributed by atoms with van der Waals surface area (Å²) in [6.07, 6.45) is 0. The van der Waals surface area contributed by atoms with Crippen LogP contribution in [0.25, 0.3) is 0 Å². The number of carbonyl (C=O) groups excluding carboxylic acids is 2. The van der Waals surface area contributed by atoms with Crippen LogP contribution in [0.3, 0.4) is 0 Å². The van der Waals surface area contributed by atoms with Gasteiger partial charge < -0.3 is 19.6 Å². The summed E-state index contributed by atoms with van der Waals surface area (Å²) in [5, 5.41) is 9.04. The molecule has 2 atom stereocenters. The van der Waals surface area contributed by atoms with E-state index in [0.29, 0.717) is 13.1 Å². The number of ether oxygens (including phenoxy) is 1. The molecule has 0 saturated carbocycles. The van der Waals surface area contributed by atoms with E-state index in [0.717, 1.165) is 0 Å². The number of carboxylic acids is 1. The fraction of sp³-hybridized carbons (Fsp3) is 0.750. The Balaban J connectivity index is 2.67. The Morgan fingerprint density at radius 2 is 2.00 bits per heavy atom. The van der Waals surface area contributed by atoms with Gasteiger partial charge in [0, 0.05) is 19.6 Å². The third kappa shape index (κ3) is 3.59. The first kappa shape index (κ1) is 15.3. The van der Waals surface area contributed by atoms with Gasteiger partial charge in [0.15, 0.2) is 0 Å². The van der Waals surface area contributed by atoms with Crippen molar-refractivity contribution >= 4 is 18.0 Å². The van der Waals surface area contributed by atoms with Crippen molar-refractivity contribution < 1.29 is 24.2 Å². The molecule has 1 N–H and O–H groups in total. The van der Waals surface area contributed by atoms with E-state index in [-0.39, 0.29) is 25.0 Å². The minimum atomic E-state index is -0.890. The second kappa shape index (κ2) is 6.40. The molecule has 0 aromatic heterocycles. The summed E-state index contributed by atoms with van der Waals surface area (Å²) in [6.45, 7) is 4.41. The molecule has 108 valence electrons. The van der Waals surface area contributed by atoms with Crippen LogP contribution in [-0.2, 0) is 14.3 Å². The summed E-state index contributed by atoms with van der Waals surface area (Å²) in [6, 6.07) is -0.316. The smallest absolute Gasteiger partial charge is 0.325 e. The first-order valence-corrected chi connectivity index (χ1v) is 6.24. The zero-order valence-electron chi connectivity index (χ0n) is 11.5. The summed E-state index contributed by atoms with van der Waals surface area (Å²) in [7, 11) is 1.26. The number of carbonyl (C=O) groups is 3. The van der Waals surface area contributed by atoms with Gasteiger partial charge in [-0.05, 0) is 12.8 Å². The maximum atomic E-state index is 12.2. The molecule has 1 saturated heterocycles. The standard InChI is InChI=1S/C12H20N2O5/c1-4-13(7-10(15)19-3)12(18)14-5-8(2)9(6-14)11(16)17/h8-9H,4-7H2,1-3H3,(H,16,17). The Kier molecular flexibility index (Phi) is 5.14. The molecule has 1 rings (SSSR count).